The second-order valence-corrected chi connectivity index (χ2v) is 4.91. The highest BCUT2D eigenvalue weighted by Crippen LogP contribution is 2.18. The second-order valence-electron chi connectivity index (χ2n) is 2.61. The van der Waals surface area contributed by atoms with Crippen LogP contribution in [0.3, 0.4) is 0 Å². The Kier molecular flexibility index (Phi) is 3.97. The normalized spacial score (nSPS) is 10.6. The van der Waals surface area contributed by atoms with Gasteiger partial charge in [0.2, 0.25) is 0 Å². The summed E-state index contributed by atoms with van der Waals surface area (Å²) in [5.74, 6) is 0.608. The molecule has 0 spiro atoms. The summed E-state index contributed by atoms with van der Waals surface area (Å²) in [4.78, 5) is 11.0. The molecule has 6 nitrogen and oxygen atoms in total. The summed E-state index contributed by atoms with van der Waals surface area (Å²) in [5.41, 5.74) is 0. The van der Waals surface area contributed by atoms with E-state index in [2.05, 4.69) is 4.74 Å². The van der Waals surface area contributed by atoms with Crippen LogP contribution in [0, 0.1) is 0 Å². The van der Waals surface area contributed by atoms with Gasteiger partial charge in [0.05, 0.1) is 7.11 Å². The molecule has 0 unspecified atom stereocenters. The van der Waals surface area contributed by atoms with Gasteiger partial charge in [0, 0.05) is 16.7 Å². The summed E-state index contributed by atoms with van der Waals surface area (Å²) in [5, 5.41) is 0. The maximum atomic E-state index is 11.0. The molecule has 0 atom stereocenters. The minimum atomic E-state index is -4.14. The molecular formula is C8H8ClNO5S. The van der Waals surface area contributed by atoms with Gasteiger partial charge in [-0.05, 0) is 12.1 Å². The summed E-state index contributed by atoms with van der Waals surface area (Å²) in [6.45, 7) is 0. The van der Waals surface area contributed by atoms with E-state index >= 15 is 0 Å². The van der Waals surface area contributed by atoms with Crippen molar-refractivity contribution in [3.05, 3.63) is 24.3 Å². The Morgan fingerprint density at radius 3 is 2.56 bits per heavy atom. The third-order valence-electron chi connectivity index (χ3n) is 1.46. The van der Waals surface area contributed by atoms with Gasteiger partial charge in [0.15, 0.2) is 0 Å². The van der Waals surface area contributed by atoms with Gasteiger partial charge in [-0.2, -0.15) is 8.42 Å². The van der Waals surface area contributed by atoms with Gasteiger partial charge in [0.25, 0.3) is 0 Å². The Balaban J connectivity index is 2.70. The topological polar surface area (TPSA) is 81.7 Å². The Labute approximate surface area is 96.7 Å². The smallest absolute Gasteiger partial charge is 0.427 e. The third-order valence-corrected chi connectivity index (χ3v) is 2.10. The lowest BCUT2D eigenvalue weighted by Crippen LogP contribution is -2.29. The van der Waals surface area contributed by atoms with Gasteiger partial charge in [-0.15, -0.1) is 0 Å². The zero-order chi connectivity index (χ0) is 12.2. The van der Waals surface area contributed by atoms with Crippen molar-refractivity contribution in [3.63, 3.8) is 0 Å². The molecule has 0 aromatic heterocycles. The molecule has 0 aliphatic heterocycles. The first-order valence-corrected chi connectivity index (χ1v) is 6.30. The van der Waals surface area contributed by atoms with Gasteiger partial charge >= 0.3 is 15.3 Å². The second kappa shape index (κ2) is 5.04. The average molecular weight is 266 g/mol. The first-order valence-electron chi connectivity index (χ1n) is 3.99. The number of hydrogen-bond donors (Lipinski definition) is 1. The van der Waals surface area contributed by atoms with Crippen LogP contribution in [-0.2, 0) is 9.24 Å². The van der Waals surface area contributed by atoms with Gasteiger partial charge in [-0.25, -0.2) is 9.52 Å². The van der Waals surface area contributed by atoms with Crippen LogP contribution in [0.5, 0.6) is 11.5 Å². The Bertz CT molecular complexity index is 487. The lowest BCUT2D eigenvalue weighted by Gasteiger charge is -2.05. The fourth-order valence-corrected chi connectivity index (χ4v) is 1.32. The molecule has 88 valence electrons. The molecule has 16 heavy (non-hydrogen) atoms. The molecule has 0 aliphatic rings. The first kappa shape index (κ1) is 12.6. The SMILES string of the molecule is COc1cccc(OC(=O)NS(=O)(=O)Cl)c1. The average Bonchev–Trinajstić information content (AvgIpc) is 2.15. The maximum absolute atomic E-state index is 11.0. The molecule has 1 aromatic carbocycles. The Morgan fingerprint density at radius 2 is 2.00 bits per heavy atom. The Morgan fingerprint density at radius 1 is 1.38 bits per heavy atom. The van der Waals surface area contributed by atoms with Crippen molar-refractivity contribution in [1.82, 2.24) is 4.72 Å². The van der Waals surface area contributed by atoms with E-state index in [-0.39, 0.29) is 5.75 Å². The number of amides is 1. The van der Waals surface area contributed by atoms with Crippen LogP contribution in [-0.4, -0.2) is 21.6 Å². The molecule has 0 radical (unpaired) electrons. The summed E-state index contributed by atoms with van der Waals surface area (Å²) < 4.78 is 31.9. The highest BCUT2D eigenvalue weighted by Gasteiger charge is 2.12. The van der Waals surface area contributed by atoms with Gasteiger partial charge in [-0.3, -0.25) is 0 Å². The predicted octanol–water partition coefficient (Wildman–Crippen LogP) is 1.27. The first-order chi connectivity index (χ1) is 7.40. The number of carbonyl (C=O) groups excluding carboxylic acids is 1. The lowest BCUT2D eigenvalue weighted by molar-refractivity contribution is 0.207. The molecule has 1 rings (SSSR count). The number of ether oxygens (including phenoxy) is 2. The standard InChI is InChI=1S/C8H8ClNO5S/c1-14-6-3-2-4-7(5-6)15-8(11)10-16(9,12)13/h2-5H,1H3,(H,10,11). The molecule has 0 aliphatic carbocycles. The van der Waals surface area contributed by atoms with Crippen molar-refractivity contribution < 1.29 is 22.7 Å². The largest absolute Gasteiger partial charge is 0.497 e. The lowest BCUT2D eigenvalue weighted by atomic mass is 10.3. The number of methoxy groups -OCH3 is 1. The van der Waals surface area contributed by atoms with E-state index in [1.54, 1.807) is 12.1 Å². The number of halogens is 1. The van der Waals surface area contributed by atoms with Crippen LogP contribution in [0.25, 0.3) is 0 Å². The van der Waals surface area contributed by atoms with Crippen LogP contribution in [0.1, 0.15) is 0 Å². The molecule has 0 saturated carbocycles. The zero-order valence-electron chi connectivity index (χ0n) is 8.14. The van der Waals surface area contributed by atoms with Crippen LogP contribution >= 0.6 is 10.7 Å². The number of benzene rings is 1. The number of nitrogens with one attached hydrogen (secondary N) is 1. The van der Waals surface area contributed by atoms with Crippen molar-refractivity contribution in [2.45, 2.75) is 0 Å². The molecule has 0 fully saturated rings. The predicted molar refractivity (Wildman–Crippen MR) is 56.9 cm³/mol. The molecule has 8 heteroatoms. The highest BCUT2D eigenvalue weighted by atomic mass is 35.7. The highest BCUT2D eigenvalue weighted by molar-refractivity contribution is 8.12. The van der Waals surface area contributed by atoms with Gasteiger partial charge in [-0.1, -0.05) is 6.07 Å². The molecular weight excluding hydrogens is 258 g/mol. The maximum Gasteiger partial charge on any atom is 0.427 e. The fourth-order valence-electron chi connectivity index (χ4n) is 0.892. The number of rotatable bonds is 3. The van der Waals surface area contributed by atoms with Gasteiger partial charge in [0.1, 0.15) is 11.5 Å². The van der Waals surface area contributed by atoms with Gasteiger partial charge < -0.3 is 9.47 Å². The van der Waals surface area contributed by atoms with Crippen LogP contribution in [0.15, 0.2) is 24.3 Å². The van der Waals surface area contributed by atoms with E-state index in [9.17, 15) is 13.2 Å². The minimum absolute atomic E-state index is 0.136. The summed E-state index contributed by atoms with van der Waals surface area (Å²) in [6.07, 6.45) is -1.19. The van der Waals surface area contributed by atoms with Crippen molar-refractivity contribution in [2.24, 2.45) is 0 Å². The van der Waals surface area contributed by atoms with Crippen molar-refractivity contribution in [3.8, 4) is 11.5 Å². The Hall–Kier alpha value is -1.47. The molecule has 0 bridgehead atoms. The van der Waals surface area contributed by atoms with E-state index in [1.165, 1.54) is 24.0 Å². The van der Waals surface area contributed by atoms with E-state index in [4.69, 9.17) is 15.4 Å². The molecule has 1 N–H and O–H groups in total. The van der Waals surface area contributed by atoms with Crippen LogP contribution in [0.4, 0.5) is 4.79 Å². The van der Waals surface area contributed by atoms with E-state index < -0.39 is 15.3 Å². The molecule has 1 aromatic rings. The van der Waals surface area contributed by atoms with Crippen molar-refractivity contribution in [2.75, 3.05) is 7.11 Å². The monoisotopic (exact) mass is 265 g/mol. The van der Waals surface area contributed by atoms with Crippen LogP contribution < -0.4 is 14.2 Å². The molecule has 0 heterocycles. The molecule has 0 saturated heterocycles. The summed E-state index contributed by atoms with van der Waals surface area (Å²) >= 11 is 0. The van der Waals surface area contributed by atoms with E-state index in [0.717, 1.165) is 0 Å². The zero-order valence-corrected chi connectivity index (χ0v) is 9.71. The van der Waals surface area contributed by atoms with E-state index in [0.29, 0.717) is 5.75 Å². The summed E-state index contributed by atoms with van der Waals surface area (Å²) in [6, 6.07) is 6.10. The molecule has 1 amide bonds. The minimum Gasteiger partial charge on any atom is -0.497 e. The van der Waals surface area contributed by atoms with Crippen LogP contribution in [0.2, 0.25) is 0 Å². The quantitative estimate of drug-likeness (QED) is 0.832. The number of hydrogen-bond acceptors (Lipinski definition) is 5. The number of carbonyl (C=O) groups is 1. The van der Waals surface area contributed by atoms with Crippen molar-refractivity contribution in [1.29, 1.82) is 0 Å². The van der Waals surface area contributed by atoms with Crippen molar-refractivity contribution >= 4 is 26.0 Å². The third kappa shape index (κ3) is 4.37. The summed E-state index contributed by atoms with van der Waals surface area (Å²) in [7, 11) is 2.09. The fraction of sp³-hybridized carbons (Fsp3) is 0.125. The van der Waals surface area contributed by atoms with E-state index in [1.807, 2.05) is 0 Å².